The summed E-state index contributed by atoms with van der Waals surface area (Å²) in [6.45, 7) is 6.51. The van der Waals surface area contributed by atoms with Gasteiger partial charge < -0.3 is 4.89 Å². The predicted octanol–water partition coefficient (Wildman–Crippen LogP) is 4.29. The van der Waals surface area contributed by atoms with E-state index in [9.17, 15) is 4.89 Å². The molecule has 0 radical (unpaired) electrons. The number of rotatable bonds is 7. The van der Waals surface area contributed by atoms with Crippen molar-refractivity contribution in [2.75, 3.05) is 11.9 Å². The van der Waals surface area contributed by atoms with Gasteiger partial charge in [0.25, 0.3) is 0 Å². The maximum absolute atomic E-state index is 9.82. The van der Waals surface area contributed by atoms with Crippen LogP contribution in [-0.4, -0.2) is 16.8 Å². The Balaban J connectivity index is 0. The highest BCUT2D eigenvalue weighted by molar-refractivity contribution is 8.69. The summed E-state index contributed by atoms with van der Waals surface area (Å²) < 4.78 is 0. The highest BCUT2D eigenvalue weighted by Crippen LogP contribution is 2.55. The van der Waals surface area contributed by atoms with Crippen LogP contribution in [0.1, 0.15) is 40.0 Å². The molecule has 88 valence electrons. The van der Waals surface area contributed by atoms with E-state index in [-0.39, 0.29) is 12.4 Å². The van der Waals surface area contributed by atoms with Crippen LogP contribution in [0.5, 0.6) is 0 Å². The molecule has 0 bridgehead atoms. The smallest absolute Gasteiger partial charge is 0.116 e. The summed E-state index contributed by atoms with van der Waals surface area (Å²) in [6.07, 6.45) is 4.30. The van der Waals surface area contributed by atoms with Gasteiger partial charge in [-0.05, 0) is 12.3 Å². The van der Waals surface area contributed by atoms with Gasteiger partial charge >= 0.3 is 0 Å². The zero-order valence-corrected chi connectivity index (χ0v) is 12.6. The van der Waals surface area contributed by atoms with Crippen LogP contribution < -0.4 is 0 Å². The summed E-state index contributed by atoms with van der Waals surface area (Å²) in [6, 6.07) is 0. The highest BCUT2D eigenvalue weighted by Gasteiger charge is 2.13. The van der Waals surface area contributed by atoms with E-state index in [1.54, 1.807) is 11.4 Å². The largest absolute Gasteiger partial charge is 0.357 e. The van der Waals surface area contributed by atoms with Gasteiger partial charge in [0.05, 0.1) is 0 Å². The minimum atomic E-state index is -2.02. The van der Waals surface area contributed by atoms with Crippen LogP contribution in [0, 0.1) is 5.92 Å². The first-order valence-electron chi connectivity index (χ1n) is 4.98. The Morgan fingerprint density at radius 3 is 2.36 bits per heavy atom. The van der Waals surface area contributed by atoms with Crippen molar-refractivity contribution in [3.63, 3.8) is 0 Å². The molecule has 0 saturated heterocycles. The summed E-state index contributed by atoms with van der Waals surface area (Å²) in [5, 5.41) is 0. The predicted molar refractivity (Wildman–Crippen MR) is 75.4 cm³/mol. The van der Waals surface area contributed by atoms with Crippen molar-refractivity contribution in [3.8, 4) is 0 Å². The molecule has 0 aromatic heterocycles. The SMILES string of the molecule is CCCC(C)CSP(O)(=S)CCC.Cl. The van der Waals surface area contributed by atoms with Crippen molar-refractivity contribution >= 4 is 41.1 Å². The van der Waals surface area contributed by atoms with E-state index >= 15 is 0 Å². The molecule has 1 nitrogen and oxygen atoms in total. The number of hydrogen-bond acceptors (Lipinski definition) is 2. The van der Waals surface area contributed by atoms with E-state index in [1.165, 1.54) is 12.8 Å². The van der Waals surface area contributed by atoms with Crippen LogP contribution in [0.3, 0.4) is 0 Å². The molecule has 0 spiro atoms. The van der Waals surface area contributed by atoms with Crippen LogP contribution in [0.15, 0.2) is 0 Å². The number of hydrogen-bond donors (Lipinski definition) is 1. The van der Waals surface area contributed by atoms with E-state index in [0.717, 1.165) is 18.3 Å². The number of halogens is 1. The average Bonchev–Trinajstić information content (AvgIpc) is 2.02. The summed E-state index contributed by atoms with van der Waals surface area (Å²) in [5.74, 6) is 1.73. The van der Waals surface area contributed by atoms with Gasteiger partial charge in [-0.2, -0.15) is 0 Å². The molecule has 1 N–H and O–H groups in total. The van der Waals surface area contributed by atoms with Crippen LogP contribution in [-0.2, 0) is 11.8 Å². The lowest BCUT2D eigenvalue weighted by atomic mass is 10.1. The molecule has 5 heteroatoms. The van der Waals surface area contributed by atoms with Gasteiger partial charge in [0.1, 0.15) is 5.47 Å². The van der Waals surface area contributed by atoms with Gasteiger partial charge in [0.2, 0.25) is 0 Å². The Morgan fingerprint density at radius 2 is 1.93 bits per heavy atom. The Kier molecular flexibility index (Phi) is 11.9. The Hall–Kier alpha value is 1.25. The Morgan fingerprint density at radius 1 is 1.36 bits per heavy atom. The van der Waals surface area contributed by atoms with Gasteiger partial charge in [-0.25, -0.2) is 0 Å². The molecule has 0 rings (SSSR count). The molecule has 2 unspecified atom stereocenters. The minimum Gasteiger partial charge on any atom is -0.357 e. The van der Waals surface area contributed by atoms with E-state index in [2.05, 4.69) is 20.8 Å². The topological polar surface area (TPSA) is 20.2 Å². The first-order valence-corrected chi connectivity index (χ1v) is 9.51. The molecule has 0 aromatic carbocycles. The lowest BCUT2D eigenvalue weighted by Gasteiger charge is -2.16. The van der Waals surface area contributed by atoms with Crippen LogP contribution >= 0.6 is 29.3 Å². The Labute approximate surface area is 104 Å². The van der Waals surface area contributed by atoms with E-state index in [1.807, 2.05) is 0 Å². The second-order valence-corrected chi connectivity index (χ2v) is 11.0. The quantitative estimate of drug-likeness (QED) is 0.701. The molecule has 0 heterocycles. The molecule has 2 atom stereocenters. The summed E-state index contributed by atoms with van der Waals surface area (Å²) >= 11 is 6.81. The lowest BCUT2D eigenvalue weighted by Crippen LogP contribution is -1.97. The van der Waals surface area contributed by atoms with E-state index < -0.39 is 5.47 Å². The van der Waals surface area contributed by atoms with Gasteiger partial charge in [-0.3, -0.25) is 0 Å². The van der Waals surface area contributed by atoms with Crippen LogP contribution in [0.2, 0.25) is 0 Å². The molecule has 0 saturated carbocycles. The minimum absolute atomic E-state index is 0. The fraction of sp³-hybridized carbons (Fsp3) is 1.00. The van der Waals surface area contributed by atoms with Crippen LogP contribution in [0.4, 0.5) is 0 Å². The second-order valence-electron chi connectivity index (χ2n) is 3.55. The fourth-order valence-corrected chi connectivity index (χ4v) is 6.01. The van der Waals surface area contributed by atoms with Crippen LogP contribution in [0.25, 0.3) is 0 Å². The highest BCUT2D eigenvalue weighted by atomic mass is 35.5. The molecule has 0 aliphatic heterocycles. The van der Waals surface area contributed by atoms with E-state index in [0.29, 0.717) is 5.92 Å². The zero-order chi connectivity index (χ0) is 10.3. The third kappa shape index (κ3) is 9.79. The van der Waals surface area contributed by atoms with Crippen molar-refractivity contribution in [1.82, 2.24) is 0 Å². The summed E-state index contributed by atoms with van der Waals surface area (Å²) in [5.41, 5.74) is -2.02. The third-order valence-electron chi connectivity index (χ3n) is 1.85. The summed E-state index contributed by atoms with van der Waals surface area (Å²) in [4.78, 5) is 9.82. The maximum atomic E-state index is 9.82. The molecule has 0 amide bonds. The average molecular weight is 277 g/mol. The molecule has 0 aliphatic rings. The molecule has 0 fully saturated rings. The van der Waals surface area contributed by atoms with Crippen molar-refractivity contribution in [2.24, 2.45) is 5.92 Å². The van der Waals surface area contributed by atoms with Gasteiger partial charge in [-0.15, -0.1) is 12.4 Å². The maximum Gasteiger partial charge on any atom is 0.116 e. The second kappa shape index (κ2) is 9.47. The van der Waals surface area contributed by atoms with Gasteiger partial charge in [0, 0.05) is 11.9 Å². The fourth-order valence-electron chi connectivity index (χ4n) is 1.17. The zero-order valence-electron chi connectivity index (χ0n) is 9.23. The normalized spacial score (nSPS) is 16.9. The molecule has 0 aromatic rings. The first-order chi connectivity index (χ1) is 6.02. The first kappa shape index (κ1) is 17.6. The lowest BCUT2D eigenvalue weighted by molar-refractivity contribution is 0.585. The van der Waals surface area contributed by atoms with E-state index in [4.69, 9.17) is 11.8 Å². The van der Waals surface area contributed by atoms with Crippen molar-refractivity contribution < 1.29 is 4.89 Å². The van der Waals surface area contributed by atoms with Gasteiger partial charge in [0.15, 0.2) is 0 Å². The van der Waals surface area contributed by atoms with Crippen molar-refractivity contribution in [2.45, 2.75) is 40.0 Å². The molecular weight excluding hydrogens is 255 g/mol. The molecule has 0 aliphatic carbocycles. The van der Waals surface area contributed by atoms with Crippen molar-refractivity contribution in [1.29, 1.82) is 0 Å². The van der Waals surface area contributed by atoms with Crippen molar-refractivity contribution in [3.05, 3.63) is 0 Å². The third-order valence-corrected chi connectivity index (χ3v) is 7.68. The molecule has 14 heavy (non-hydrogen) atoms. The van der Waals surface area contributed by atoms with Gasteiger partial charge in [-0.1, -0.05) is 56.8 Å². The molecular formula is C9H22ClOPS2. The summed E-state index contributed by atoms with van der Waals surface area (Å²) in [7, 11) is 0. The standard InChI is InChI=1S/C9H21OPS2.ClH/c1-4-6-9(3)8-13-11(10,12)7-5-2;/h9H,4-8H2,1-3H3,(H,10,12);1H. The Bertz CT molecular complexity index is 178. The monoisotopic (exact) mass is 276 g/mol.